The molecule has 1 aromatic carbocycles. The fourth-order valence-electron chi connectivity index (χ4n) is 8.01. The van der Waals surface area contributed by atoms with Gasteiger partial charge in [-0.05, 0) is 37.3 Å². The van der Waals surface area contributed by atoms with Gasteiger partial charge in [0.05, 0.1) is 30.6 Å². The molecule has 0 N–H and O–H groups in total. The summed E-state index contributed by atoms with van der Waals surface area (Å²) >= 11 is 0. The molecule has 1 aliphatic carbocycles. The lowest BCUT2D eigenvalue weighted by atomic mass is 9.51. The minimum atomic E-state index is -0.303. The summed E-state index contributed by atoms with van der Waals surface area (Å²) in [7, 11) is 0. The number of piperidine rings is 2. The maximum atomic E-state index is 13.4. The quantitative estimate of drug-likeness (QED) is 0.742. The molecule has 3 saturated heterocycles. The van der Waals surface area contributed by atoms with Crippen molar-refractivity contribution in [2.45, 2.75) is 49.5 Å². The lowest BCUT2D eigenvalue weighted by Crippen LogP contribution is -2.75. The maximum Gasteiger partial charge on any atom is 0.229 e. The van der Waals surface area contributed by atoms with Crippen LogP contribution in [-0.2, 0) is 19.7 Å². The monoisotopic (exact) mass is 378 g/mol. The summed E-state index contributed by atoms with van der Waals surface area (Å²) in [6.07, 6.45) is 4.94. The third kappa shape index (κ3) is 1.52. The van der Waals surface area contributed by atoms with E-state index in [-0.39, 0.29) is 29.2 Å². The van der Waals surface area contributed by atoms with Gasteiger partial charge in [-0.15, -0.1) is 0 Å². The number of amides is 1. The van der Waals surface area contributed by atoms with Gasteiger partial charge in [-0.3, -0.25) is 9.69 Å². The van der Waals surface area contributed by atoms with Crippen molar-refractivity contribution in [1.29, 1.82) is 0 Å². The third-order valence-electron chi connectivity index (χ3n) is 8.70. The van der Waals surface area contributed by atoms with Crippen LogP contribution in [0.2, 0.25) is 0 Å². The number of ether oxygens (including phenoxy) is 2. The van der Waals surface area contributed by atoms with Gasteiger partial charge in [0.25, 0.3) is 0 Å². The Morgan fingerprint density at radius 1 is 1.32 bits per heavy atom. The Kier molecular flexibility index (Phi) is 2.92. The minimum Gasteiger partial charge on any atom is -0.373 e. The van der Waals surface area contributed by atoms with Crippen LogP contribution in [0, 0.1) is 11.8 Å². The zero-order chi connectivity index (χ0) is 18.7. The van der Waals surface area contributed by atoms with Crippen LogP contribution >= 0.6 is 0 Å². The summed E-state index contributed by atoms with van der Waals surface area (Å²) in [6, 6.07) is 8.78. The van der Waals surface area contributed by atoms with E-state index in [0.29, 0.717) is 31.5 Å². The Balaban J connectivity index is 1.57. The smallest absolute Gasteiger partial charge is 0.229 e. The van der Waals surface area contributed by atoms with Crippen molar-refractivity contribution in [1.82, 2.24) is 4.90 Å². The van der Waals surface area contributed by atoms with Gasteiger partial charge in [0.1, 0.15) is 5.72 Å². The number of anilines is 1. The van der Waals surface area contributed by atoms with Crippen LogP contribution in [0.4, 0.5) is 5.69 Å². The fraction of sp³-hybridized carbons (Fsp3) is 0.609. The van der Waals surface area contributed by atoms with Crippen LogP contribution in [0.25, 0.3) is 0 Å². The molecule has 2 bridgehead atoms. The van der Waals surface area contributed by atoms with E-state index in [2.05, 4.69) is 47.1 Å². The Morgan fingerprint density at radius 2 is 2.21 bits per heavy atom. The van der Waals surface area contributed by atoms with E-state index < -0.39 is 0 Å². The first-order valence-electron chi connectivity index (χ1n) is 10.8. The summed E-state index contributed by atoms with van der Waals surface area (Å²) in [6.45, 7) is 5.49. The molecule has 5 heterocycles. The highest BCUT2D eigenvalue weighted by Gasteiger charge is 2.77. The molecule has 4 fully saturated rings. The minimum absolute atomic E-state index is 0.0328. The van der Waals surface area contributed by atoms with Crippen LogP contribution < -0.4 is 4.90 Å². The summed E-state index contributed by atoms with van der Waals surface area (Å²) < 4.78 is 13.1. The van der Waals surface area contributed by atoms with Gasteiger partial charge >= 0.3 is 0 Å². The Morgan fingerprint density at radius 3 is 3.11 bits per heavy atom. The molecule has 1 spiro atoms. The predicted octanol–water partition coefficient (Wildman–Crippen LogP) is 2.46. The summed E-state index contributed by atoms with van der Waals surface area (Å²) in [5.74, 6) is 1.05. The normalized spacial score (nSPS) is 45.0. The molecule has 1 amide bonds. The zero-order valence-corrected chi connectivity index (χ0v) is 16.3. The van der Waals surface area contributed by atoms with Gasteiger partial charge in [-0.1, -0.05) is 29.8 Å². The van der Waals surface area contributed by atoms with E-state index in [0.717, 1.165) is 31.6 Å². The first-order chi connectivity index (χ1) is 13.7. The van der Waals surface area contributed by atoms with E-state index in [1.807, 2.05) is 0 Å². The lowest BCUT2D eigenvalue weighted by Gasteiger charge is -2.63. The summed E-state index contributed by atoms with van der Waals surface area (Å²) in [5.41, 5.74) is 3.53. The Hall–Kier alpha value is -1.69. The highest BCUT2D eigenvalue weighted by molar-refractivity contribution is 5.99. The van der Waals surface area contributed by atoms with Gasteiger partial charge < -0.3 is 14.4 Å². The van der Waals surface area contributed by atoms with Crippen molar-refractivity contribution in [2.24, 2.45) is 11.8 Å². The number of carbonyl (C=O) groups excluding carboxylic acids is 1. The van der Waals surface area contributed by atoms with Crippen LogP contribution in [0.5, 0.6) is 0 Å². The second kappa shape index (κ2) is 5.07. The number of carbonyl (C=O) groups is 1. The van der Waals surface area contributed by atoms with E-state index >= 15 is 0 Å². The van der Waals surface area contributed by atoms with E-state index in [9.17, 15) is 4.79 Å². The number of fused-ring (bicyclic) bond motifs is 2. The SMILES string of the molecule is CCO[C@@]12C[C@H]3C4=CCO[C@H]5CC(=O)N6c7ccccc7[C@]1(CCN2C4)[C@@H]6[C@@H]53. The van der Waals surface area contributed by atoms with E-state index in [4.69, 9.17) is 9.47 Å². The van der Waals surface area contributed by atoms with Crippen molar-refractivity contribution in [3.8, 4) is 0 Å². The van der Waals surface area contributed by atoms with Crippen molar-refractivity contribution >= 4 is 11.6 Å². The van der Waals surface area contributed by atoms with Crippen molar-refractivity contribution in [2.75, 3.05) is 31.2 Å². The summed E-state index contributed by atoms with van der Waals surface area (Å²) in [5, 5.41) is 0. The average Bonchev–Trinajstić information content (AvgIpc) is 3.13. The highest BCUT2D eigenvalue weighted by atomic mass is 16.5. The molecular formula is C23H26N2O3. The molecular weight excluding hydrogens is 352 g/mol. The van der Waals surface area contributed by atoms with Gasteiger partial charge in [-0.25, -0.2) is 0 Å². The largest absolute Gasteiger partial charge is 0.373 e. The average molecular weight is 378 g/mol. The molecule has 0 radical (unpaired) electrons. The van der Waals surface area contributed by atoms with Gasteiger partial charge in [0.15, 0.2) is 0 Å². The zero-order valence-electron chi connectivity index (χ0n) is 16.3. The highest BCUT2D eigenvalue weighted by Crippen LogP contribution is 2.70. The number of benzene rings is 1. The number of para-hydroxylation sites is 1. The Labute approximate surface area is 165 Å². The molecule has 5 heteroatoms. The molecule has 5 nitrogen and oxygen atoms in total. The van der Waals surface area contributed by atoms with Gasteiger partial charge in [0.2, 0.25) is 5.91 Å². The van der Waals surface area contributed by atoms with Crippen molar-refractivity contribution in [3.63, 3.8) is 0 Å². The first kappa shape index (κ1) is 16.1. The number of hydrogen-bond donors (Lipinski definition) is 0. The number of rotatable bonds is 2. The molecule has 6 atom stereocenters. The van der Waals surface area contributed by atoms with E-state index in [1.54, 1.807) is 0 Å². The van der Waals surface area contributed by atoms with Gasteiger partial charge in [-0.2, -0.15) is 0 Å². The molecule has 28 heavy (non-hydrogen) atoms. The lowest BCUT2D eigenvalue weighted by molar-refractivity contribution is -0.225. The van der Waals surface area contributed by atoms with Crippen molar-refractivity contribution in [3.05, 3.63) is 41.5 Å². The molecule has 0 aromatic heterocycles. The first-order valence-corrected chi connectivity index (χ1v) is 10.8. The van der Waals surface area contributed by atoms with Crippen LogP contribution in [-0.4, -0.2) is 55.0 Å². The fourth-order valence-corrected chi connectivity index (χ4v) is 8.01. The van der Waals surface area contributed by atoms with Crippen molar-refractivity contribution < 1.29 is 14.3 Å². The van der Waals surface area contributed by atoms with Crippen LogP contribution in [0.1, 0.15) is 31.7 Å². The predicted molar refractivity (Wildman–Crippen MR) is 104 cm³/mol. The van der Waals surface area contributed by atoms with Crippen LogP contribution in [0.15, 0.2) is 35.9 Å². The number of hydrogen-bond acceptors (Lipinski definition) is 4. The molecule has 7 rings (SSSR count). The van der Waals surface area contributed by atoms with Gasteiger partial charge in [0, 0.05) is 31.3 Å². The molecule has 146 valence electrons. The topological polar surface area (TPSA) is 42.0 Å². The third-order valence-corrected chi connectivity index (χ3v) is 8.70. The number of nitrogens with zero attached hydrogens (tertiary/aromatic N) is 2. The van der Waals surface area contributed by atoms with E-state index in [1.165, 1.54) is 11.1 Å². The maximum absolute atomic E-state index is 13.4. The Bertz CT molecular complexity index is 928. The van der Waals surface area contributed by atoms with Crippen LogP contribution in [0.3, 0.4) is 0 Å². The molecule has 6 aliphatic rings. The molecule has 0 unspecified atom stereocenters. The molecule has 5 aliphatic heterocycles. The molecule has 1 saturated carbocycles. The second-order valence-corrected chi connectivity index (χ2v) is 9.33. The standard InChI is InChI=1S/C23H26N2O3/c1-2-28-23-12-15-14-7-10-27-18-11-19(26)25-17-6-4-3-5-16(17)22(23,21(25)20(15)18)8-9-24(23)13-14/h3-7,15,18,20-21H,2,8-13H2,1H3/t15-,18-,20+,21-,22+,23-/m0/s1. The molecule has 1 aromatic rings. The summed E-state index contributed by atoms with van der Waals surface area (Å²) in [4.78, 5) is 18.2. The second-order valence-electron chi connectivity index (χ2n) is 9.33.